The molecule has 4 saturated carbocycles. The topological polar surface area (TPSA) is 610 Å². The van der Waals surface area contributed by atoms with Crippen LogP contribution in [0.15, 0.2) is 11.6 Å². The molecule has 46 unspecified atom stereocenters. The first-order chi connectivity index (χ1) is 54.0. The molecular formula is C76H124O39. The van der Waals surface area contributed by atoms with Crippen molar-refractivity contribution in [3.8, 4) is 0 Å². The number of allylic oxidation sites excluding steroid dienone is 2. The van der Waals surface area contributed by atoms with E-state index in [0.29, 0.717) is 51.4 Å². The van der Waals surface area contributed by atoms with Crippen LogP contribution in [0.3, 0.4) is 0 Å². The average Bonchev–Trinajstić information content (AvgIpc) is 0.673. The first-order valence-electron chi connectivity index (χ1n) is 40.4. The third-order valence-electron chi connectivity index (χ3n) is 29.0. The zero-order valence-electron chi connectivity index (χ0n) is 65.9. The van der Waals surface area contributed by atoms with E-state index in [9.17, 15) is 112 Å². The van der Waals surface area contributed by atoms with Gasteiger partial charge in [-0.1, -0.05) is 60.1 Å². The van der Waals surface area contributed by atoms with Gasteiger partial charge in [0.2, 0.25) is 6.29 Å². The Morgan fingerprint density at radius 3 is 1.56 bits per heavy atom. The van der Waals surface area contributed by atoms with Crippen molar-refractivity contribution in [2.75, 3.05) is 39.6 Å². The number of carbonyl (C=O) groups excluding carboxylic acids is 1. The number of hydrogen-bond acceptors (Lipinski definition) is 39. The highest BCUT2D eigenvalue weighted by atomic mass is 16.8. The van der Waals surface area contributed by atoms with Crippen LogP contribution >= 0.6 is 0 Å². The molecular weight excluding hydrogens is 1540 g/mol. The van der Waals surface area contributed by atoms with Gasteiger partial charge in [-0.2, -0.15) is 0 Å². The van der Waals surface area contributed by atoms with Gasteiger partial charge in [-0.05, 0) is 123 Å². The summed E-state index contributed by atoms with van der Waals surface area (Å²) >= 11 is 0. The quantitative estimate of drug-likeness (QED) is 0.0306. The van der Waals surface area contributed by atoms with Crippen LogP contribution in [-0.4, -0.2) is 397 Å². The Kier molecular flexibility index (Phi) is 27.3. The zero-order valence-corrected chi connectivity index (χ0v) is 65.9. The molecule has 0 spiro atoms. The summed E-state index contributed by atoms with van der Waals surface area (Å²) in [4.78, 5) is 15.3. The van der Waals surface area contributed by atoms with Crippen molar-refractivity contribution in [3.63, 3.8) is 0 Å². The lowest BCUT2D eigenvalue weighted by Crippen LogP contribution is -2.69. The maximum absolute atomic E-state index is 15.3. The van der Waals surface area contributed by atoms with Gasteiger partial charge in [0.25, 0.3) is 0 Å². The van der Waals surface area contributed by atoms with Gasteiger partial charge in [-0.15, -0.1) is 0 Å². The number of aliphatic hydroxyl groups is 22. The molecule has 0 aromatic rings. The first-order valence-corrected chi connectivity index (χ1v) is 40.4. The Balaban J connectivity index is 0.689. The van der Waals surface area contributed by atoms with Crippen LogP contribution in [0.5, 0.6) is 0 Å². The monoisotopic (exact) mass is 1660 g/mol. The molecule has 22 N–H and O–H groups in total. The summed E-state index contributed by atoms with van der Waals surface area (Å²) in [6.07, 6.45) is -59.6. The van der Waals surface area contributed by atoms with Crippen LogP contribution in [0.1, 0.15) is 127 Å². The number of ether oxygens (including phenoxy) is 16. The molecule has 662 valence electrons. The molecule has 0 bridgehead atoms. The molecule has 0 aromatic heterocycles. The van der Waals surface area contributed by atoms with E-state index in [4.69, 9.17) is 75.8 Å². The van der Waals surface area contributed by atoms with Gasteiger partial charge in [-0.3, -0.25) is 4.79 Å². The summed E-state index contributed by atoms with van der Waals surface area (Å²) in [6.45, 7) is 14.1. The molecule has 0 radical (unpaired) electrons. The van der Waals surface area contributed by atoms with Gasteiger partial charge in [-0.25, -0.2) is 0 Å². The van der Waals surface area contributed by atoms with Crippen molar-refractivity contribution in [3.05, 3.63) is 11.6 Å². The van der Waals surface area contributed by atoms with Crippen molar-refractivity contribution in [1.29, 1.82) is 0 Å². The standard InChI is InChI=1S/C76H124O39/c1-27-40(82)46(88)52(94)64(103-27)113-60-56(98)68(107-35(23-79)58(60)111-65-54(96)49(91)57(34(22-78)106-65)110-63-50(92)42(84)31(80)24-100-63)112-59-41(83)28(2)104-67(55(59)97)114-61-43(85)32(81)25-101-69(61)109-39-13-14-73(7)37(72(39,5)6)12-15-75(9)38(73)11-10-29-30-20-71(3,4)16-18-76(30,19-17-74(29,75)8)70(99)115-66-53(95)48(90)45(87)36(108-66)26-102-62-51(93)47(89)44(86)33(21-77)105-62/h10,27-28,30-69,77-98H,11-26H2,1-9H3. The fraction of sp³-hybridized carbons (Fsp3) is 0.961. The first kappa shape index (κ1) is 90.5. The van der Waals surface area contributed by atoms with Crippen molar-refractivity contribution in [1.82, 2.24) is 0 Å². The molecule has 0 aromatic carbocycles. The van der Waals surface area contributed by atoms with E-state index in [1.807, 2.05) is 0 Å². The SMILES string of the molecule is CC1OC(OC2C(O)C(OC3C(O)C(C)OC(OC4C(OC5CCC6(C)C(CCC7(C)C6CC=C6C8CC(C)(C)CCC8(C(=O)OC8OC(COC9OC(CO)C(O)C(O)C9O)C(O)C(O)C8O)CCC67C)C5(C)C)OCC(O)C4O)C3O)OC(CO)C2OC2OC(CO)C(OC3OCC(O)C(O)C3O)C(O)C2O)C(O)C(O)C1O. The zero-order chi connectivity index (χ0) is 83.7. The number of fused-ring (bicyclic) bond motifs is 7. The second-order valence-electron chi connectivity index (χ2n) is 36.6. The molecule has 39 nitrogen and oxygen atoms in total. The van der Waals surface area contributed by atoms with Gasteiger partial charge in [0.05, 0.1) is 63.4 Å². The van der Waals surface area contributed by atoms with Crippen molar-refractivity contribution < 1.29 is 193 Å². The van der Waals surface area contributed by atoms with Gasteiger partial charge < -0.3 is 188 Å². The molecule has 13 rings (SSSR count). The van der Waals surface area contributed by atoms with E-state index in [-0.39, 0.29) is 34.0 Å². The predicted octanol–water partition coefficient (Wildman–Crippen LogP) is -7.41. The van der Waals surface area contributed by atoms with E-state index in [1.54, 1.807) is 0 Å². The second-order valence-corrected chi connectivity index (χ2v) is 36.6. The number of aliphatic hydroxyl groups excluding tert-OH is 22. The molecule has 115 heavy (non-hydrogen) atoms. The van der Waals surface area contributed by atoms with Crippen LogP contribution in [0.4, 0.5) is 0 Å². The Morgan fingerprint density at radius 2 is 0.896 bits per heavy atom. The van der Waals surface area contributed by atoms with Gasteiger partial charge in [0, 0.05) is 0 Å². The highest BCUT2D eigenvalue weighted by molar-refractivity contribution is 5.79. The number of carbonyl (C=O) groups is 1. The Bertz CT molecular complexity index is 3290. The largest absolute Gasteiger partial charge is 0.432 e. The molecule has 39 heteroatoms. The minimum atomic E-state index is -2.23. The number of rotatable bonds is 20. The summed E-state index contributed by atoms with van der Waals surface area (Å²) in [5, 5.41) is 242. The fourth-order valence-corrected chi connectivity index (χ4v) is 21.7. The molecule has 5 aliphatic carbocycles. The minimum absolute atomic E-state index is 0.0175. The molecule has 12 fully saturated rings. The molecule has 46 atom stereocenters. The Hall–Kier alpha value is -2.27. The van der Waals surface area contributed by atoms with Gasteiger partial charge >= 0.3 is 5.97 Å². The second kappa shape index (κ2) is 34.7. The van der Waals surface area contributed by atoms with E-state index in [0.717, 1.165) is 12.8 Å². The smallest absolute Gasteiger partial charge is 0.315 e. The van der Waals surface area contributed by atoms with Gasteiger partial charge in [0.1, 0.15) is 171 Å². The molecule has 8 heterocycles. The van der Waals surface area contributed by atoms with Crippen LogP contribution in [0.25, 0.3) is 0 Å². The normalized spacial score (nSPS) is 54.6. The Morgan fingerprint density at radius 1 is 0.409 bits per heavy atom. The van der Waals surface area contributed by atoms with Crippen LogP contribution in [0, 0.1) is 50.2 Å². The summed E-state index contributed by atoms with van der Waals surface area (Å²) < 4.78 is 96.2. The Labute approximate surface area is 664 Å². The van der Waals surface area contributed by atoms with Crippen molar-refractivity contribution in [2.24, 2.45) is 50.2 Å². The van der Waals surface area contributed by atoms with Crippen LogP contribution in [0.2, 0.25) is 0 Å². The minimum Gasteiger partial charge on any atom is -0.432 e. The maximum Gasteiger partial charge on any atom is 0.315 e. The molecule has 8 aliphatic heterocycles. The molecule has 8 saturated heterocycles. The van der Waals surface area contributed by atoms with E-state index >= 15 is 4.79 Å². The maximum atomic E-state index is 15.3. The molecule has 0 amide bonds. The van der Waals surface area contributed by atoms with Crippen LogP contribution in [-0.2, 0) is 80.6 Å². The molecule has 13 aliphatic rings. The van der Waals surface area contributed by atoms with E-state index < -0.39 is 301 Å². The average molecular weight is 1660 g/mol. The summed E-state index contributed by atoms with van der Waals surface area (Å²) in [5.41, 5.74) is -1.80. The third kappa shape index (κ3) is 16.2. The van der Waals surface area contributed by atoms with Crippen molar-refractivity contribution >= 4 is 5.97 Å². The third-order valence-corrected chi connectivity index (χ3v) is 29.0. The van der Waals surface area contributed by atoms with E-state index in [2.05, 4.69) is 54.5 Å². The summed E-state index contributed by atoms with van der Waals surface area (Å²) in [6, 6.07) is 0. The summed E-state index contributed by atoms with van der Waals surface area (Å²) in [7, 11) is 0. The lowest BCUT2D eigenvalue weighted by molar-refractivity contribution is -0.406. The number of esters is 1. The lowest BCUT2D eigenvalue weighted by Gasteiger charge is -2.71. The summed E-state index contributed by atoms with van der Waals surface area (Å²) in [5.74, 6) is -0.806. The lowest BCUT2D eigenvalue weighted by atomic mass is 9.33. The predicted molar refractivity (Wildman–Crippen MR) is 379 cm³/mol. The van der Waals surface area contributed by atoms with Crippen LogP contribution < -0.4 is 0 Å². The highest BCUT2D eigenvalue weighted by Gasteiger charge is 2.71. The van der Waals surface area contributed by atoms with Gasteiger partial charge in [0.15, 0.2) is 44.0 Å². The van der Waals surface area contributed by atoms with Crippen molar-refractivity contribution in [2.45, 2.75) is 366 Å². The highest BCUT2D eigenvalue weighted by Crippen LogP contribution is 2.76. The fourth-order valence-electron chi connectivity index (χ4n) is 21.7. The number of hydrogen-bond donors (Lipinski definition) is 22. The van der Waals surface area contributed by atoms with E-state index in [1.165, 1.54) is 19.4 Å².